The summed E-state index contributed by atoms with van der Waals surface area (Å²) in [6, 6.07) is 8.74. The van der Waals surface area contributed by atoms with Gasteiger partial charge >= 0.3 is 5.97 Å². The van der Waals surface area contributed by atoms with Crippen LogP contribution in [-0.4, -0.2) is 28.2 Å². The normalized spacial score (nSPS) is 10.3. The lowest BCUT2D eigenvalue weighted by atomic mass is 10.2. The second-order valence-electron chi connectivity index (χ2n) is 4.84. The molecule has 1 heterocycles. The lowest BCUT2D eigenvalue weighted by Crippen LogP contribution is -2.25. The Morgan fingerprint density at radius 1 is 1.35 bits per heavy atom. The molecule has 0 aliphatic heterocycles. The third-order valence-electron chi connectivity index (χ3n) is 3.15. The van der Waals surface area contributed by atoms with Gasteiger partial charge in [0.15, 0.2) is 6.61 Å². The largest absolute Gasteiger partial charge is 0.482 e. The number of amides is 1. The number of hydrogen-bond acceptors (Lipinski definition) is 3. The number of carbonyl (C=O) groups is 2. The van der Waals surface area contributed by atoms with E-state index in [-0.39, 0.29) is 5.91 Å². The van der Waals surface area contributed by atoms with Gasteiger partial charge in [0.2, 0.25) is 0 Å². The Bertz CT molecular complexity index is 712. The number of nitrogens with one attached hydrogen (secondary N) is 1. The van der Waals surface area contributed by atoms with Gasteiger partial charge in [0.1, 0.15) is 11.4 Å². The molecule has 0 atom stereocenters. The molecule has 1 amide bonds. The monoisotopic (exact) mass is 380 g/mol. The molecule has 1 aromatic carbocycles. The summed E-state index contributed by atoms with van der Waals surface area (Å²) in [7, 11) is 0. The summed E-state index contributed by atoms with van der Waals surface area (Å²) in [6.07, 6.45) is 1.86. The molecule has 23 heavy (non-hydrogen) atoms. The van der Waals surface area contributed by atoms with Crippen LogP contribution in [0.5, 0.6) is 5.75 Å². The fourth-order valence-corrected chi connectivity index (χ4v) is 2.55. The minimum atomic E-state index is -1.03. The molecule has 6 nitrogen and oxygen atoms in total. The van der Waals surface area contributed by atoms with Gasteiger partial charge < -0.3 is 19.7 Å². The van der Waals surface area contributed by atoms with Crippen LogP contribution in [0.25, 0.3) is 0 Å². The molecule has 7 heteroatoms. The number of halogens is 1. The predicted molar refractivity (Wildman–Crippen MR) is 88.5 cm³/mol. The van der Waals surface area contributed by atoms with Gasteiger partial charge in [-0.2, -0.15) is 0 Å². The Morgan fingerprint density at radius 2 is 2.13 bits per heavy atom. The highest BCUT2D eigenvalue weighted by atomic mass is 79.9. The van der Waals surface area contributed by atoms with E-state index in [1.165, 1.54) is 0 Å². The van der Waals surface area contributed by atoms with E-state index in [1.54, 1.807) is 24.3 Å². The van der Waals surface area contributed by atoms with Gasteiger partial charge in [-0.05, 0) is 46.6 Å². The average Bonchev–Trinajstić information content (AvgIpc) is 2.92. The van der Waals surface area contributed by atoms with Gasteiger partial charge in [0.05, 0.1) is 0 Å². The summed E-state index contributed by atoms with van der Waals surface area (Å²) in [6.45, 7) is 2.60. The summed E-state index contributed by atoms with van der Waals surface area (Å²) in [5, 5.41) is 11.5. The molecular formula is C16H17BrN2O4. The first-order chi connectivity index (χ1) is 11.0. The van der Waals surface area contributed by atoms with E-state index in [1.807, 2.05) is 23.8 Å². The van der Waals surface area contributed by atoms with Crippen LogP contribution in [0.1, 0.15) is 23.0 Å². The van der Waals surface area contributed by atoms with Crippen LogP contribution in [-0.2, 0) is 17.9 Å². The Balaban J connectivity index is 1.98. The fraction of sp³-hybridized carbons (Fsp3) is 0.250. The quantitative estimate of drug-likeness (QED) is 0.773. The molecule has 2 rings (SSSR count). The van der Waals surface area contributed by atoms with Crippen molar-refractivity contribution in [3.8, 4) is 5.75 Å². The maximum atomic E-state index is 12.2. The summed E-state index contributed by atoms with van der Waals surface area (Å²) in [4.78, 5) is 22.8. The van der Waals surface area contributed by atoms with E-state index in [2.05, 4.69) is 21.2 Å². The number of nitrogens with zero attached hydrogens (tertiary/aromatic N) is 1. The van der Waals surface area contributed by atoms with Crippen LogP contribution >= 0.6 is 15.9 Å². The second-order valence-corrected chi connectivity index (χ2v) is 5.76. The highest BCUT2D eigenvalue weighted by Gasteiger charge is 2.12. The van der Waals surface area contributed by atoms with Crippen molar-refractivity contribution in [3.63, 3.8) is 0 Å². The van der Waals surface area contributed by atoms with Crippen LogP contribution in [0, 0.1) is 0 Å². The molecule has 2 aromatic rings. The fourth-order valence-electron chi connectivity index (χ4n) is 2.09. The third kappa shape index (κ3) is 4.85. The van der Waals surface area contributed by atoms with Crippen molar-refractivity contribution in [1.29, 1.82) is 0 Å². The molecule has 2 N–H and O–H groups in total. The van der Waals surface area contributed by atoms with Gasteiger partial charge in [-0.25, -0.2) is 4.79 Å². The molecule has 122 valence electrons. The van der Waals surface area contributed by atoms with Crippen molar-refractivity contribution in [2.45, 2.75) is 20.0 Å². The van der Waals surface area contributed by atoms with Gasteiger partial charge in [-0.1, -0.05) is 12.1 Å². The van der Waals surface area contributed by atoms with E-state index in [9.17, 15) is 9.59 Å². The smallest absolute Gasteiger partial charge is 0.341 e. The number of rotatable bonds is 7. The zero-order chi connectivity index (χ0) is 16.8. The van der Waals surface area contributed by atoms with Crippen molar-refractivity contribution in [2.75, 3.05) is 6.61 Å². The zero-order valence-electron chi connectivity index (χ0n) is 12.6. The van der Waals surface area contributed by atoms with Gasteiger partial charge in [0.25, 0.3) is 5.91 Å². The molecule has 0 unspecified atom stereocenters. The van der Waals surface area contributed by atoms with Crippen LogP contribution in [0.3, 0.4) is 0 Å². The number of carboxylic acids is 1. The number of ether oxygens (including phenoxy) is 1. The Kier molecular flexibility index (Phi) is 5.81. The number of benzene rings is 1. The van der Waals surface area contributed by atoms with Crippen molar-refractivity contribution in [3.05, 3.63) is 52.3 Å². The molecule has 1 aromatic heterocycles. The summed E-state index contributed by atoms with van der Waals surface area (Å²) < 4.78 is 7.82. The van der Waals surface area contributed by atoms with E-state index < -0.39 is 12.6 Å². The molecule has 0 bridgehead atoms. The lowest BCUT2D eigenvalue weighted by molar-refractivity contribution is -0.139. The molecule has 0 saturated carbocycles. The maximum absolute atomic E-state index is 12.2. The first-order valence-electron chi connectivity index (χ1n) is 7.07. The standard InChI is InChI=1S/C16H17BrN2O4/c1-2-19-9-12(17)7-14(19)16(22)18-8-11-4-3-5-13(6-11)23-10-15(20)21/h3-7,9H,2,8,10H2,1H3,(H,18,22)(H,20,21). The van der Waals surface area contributed by atoms with Gasteiger partial charge in [0, 0.05) is 23.8 Å². The maximum Gasteiger partial charge on any atom is 0.341 e. The predicted octanol–water partition coefficient (Wildman–Crippen LogP) is 2.66. The summed E-state index contributed by atoms with van der Waals surface area (Å²) in [5.74, 6) is -0.747. The van der Waals surface area contributed by atoms with Gasteiger partial charge in [-0.15, -0.1) is 0 Å². The molecule has 0 saturated heterocycles. The first kappa shape index (κ1) is 17.1. The number of aliphatic carboxylic acids is 1. The highest BCUT2D eigenvalue weighted by Crippen LogP contribution is 2.16. The van der Waals surface area contributed by atoms with Crippen molar-refractivity contribution in [2.24, 2.45) is 0 Å². The van der Waals surface area contributed by atoms with Crippen LogP contribution in [0.15, 0.2) is 41.0 Å². The molecule has 0 aliphatic rings. The molecule has 0 aliphatic carbocycles. The second kappa shape index (κ2) is 7.82. The van der Waals surface area contributed by atoms with E-state index in [4.69, 9.17) is 9.84 Å². The zero-order valence-corrected chi connectivity index (χ0v) is 14.2. The number of aryl methyl sites for hydroxylation is 1. The SMILES string of the molecule is CCn1cc(Br)cc1C(=O)NCc1cccc(OCC(=O)O)c1. The molecule has 0 fully saturated rings. The topological polar surface area (TPSA) is 80.6 Å². The summed E-state index contributed by atoms with van der Waals surface area (Å²) >= 11 is 3.36. The third-order valence-corrected chi connectivity index (χ3v) is 3.58. The Morgan fingerprint density at radius 3 is 2.83 bits per heavy atom. The van der Waals surface area contributed by atoms with Crippen molar-refractivity contribution >= 4 is 27.8 Å². The average molecular weight is 381 g/mol. The molecular weight excluding hydrogens is 364 g/mol. The van der Waals surface area contributed by atoms with Crippen molar-refractivity contribution in [1.82, 2.24) is 9.88 Å². The summed E-state index contributed by atoms with van der Waals surface area (Å²) in [5.41, 5.74) is 1.41. The van der Waals surface area contributed by atoms with Crippen LogP contribution in [0.4, 0.5) is 0 Å². The number of carbonyl (C=O) groups excluding carboxylic acids is 1. The molecule has 0 radical (unpaired) electrons. The van der Waals surface area contributed by atoms with E-state index >= 15 is 0 Å². The lowest BCUT2D eigenvalue weighted by Gasteiger charge is -2.09. The van der Waals surface area contributed by atoms with E-state index in [0.717, 1.165) is 10.0 Å². The minimum absolute atomic E-state index is 0.172. The Labute approximate surface area is 142 Å². The van der Waals surface area contributed by atoms with Crippen LogP contribution in [0.2, 0.25) is 0 Å². The minimum Gasteiger partial charge on any atom is -0.482 e. The van der Waals surface area contributed by atoms with E-state index in [0.29, 0.717) is 24.5 Å². The van der Waals surface area contributed by atoms with Crippen LogP contribution < -0.4 is 10.1 Å². The molecule has 0 spiro atoms. The number of carboxylic acid groups (broad SMARTS) is 1. The highest BCUT2D eigenvalue weighted by molar-refractivity contribution is 9.10. The Hall–Kier alpha value is -2.28. The first-order valence-corrected chi connectivity index (χ1v) is 7.86. The number of aromatic nitrogens is 1. The van der Waals surface area contributed by atoms with Gasteiger partial charge in [-0.3, -0.25) is 4.79 Å². The van der Waals surface area contributed by atoms with Crippen molar-refractivity contribution < 1.29 is 19.4 Å². The number of hydrogen-bond donors (Lipinski definition) is 2.